The van der Waals surface area contributed by atoms with Crippen molar-refractivity contribution >= 4 is 5.91 Å². The second kappa shape index (κ2) is 12.3. The molecular formula is C29H29ClFN3O5. The van der Waals surface area contributed by atoms with Crippen LogP contribution < -0.4 is 22.6 Å². The van der Waals surface area contributed by atoms with Crippen LogP contribution in [-0.2, 0) is 11.3 Å². The minimum atomic E-state index is -0.407. The summed E-state index contributed by atoms with van der Waals surface area (Å²) in [7, 11) is 0. The SMILES string of the molecule is CCNC(=O)c1noc(-c2cc(-c3ccc(F)cc3)c(O)cc2O)c1-c1ccc(C[NH+]2CCOCC2)cc1.[Cl-]. The minimum Gasteiger partial charge on any atom is -1.00 e. The van der Waals surface area contributed by atoms with E-state index >= 15 is 0 Å². The summed E-state index contributed by atoms with van der Waals surface area (Å²) in [6, 6.07) is 16.2. The second-order valence-corrected chi connectivity index (χ2v) is 9.22. The monoisotopic (exact) mass is 553 g/mol. The molecule has 204 valence electrons. The Hall–Kier alpha value is -3.92. The summed E-state index contributed by atoms with van der Waals surface area (Å²) < 4.78 is 24.6. The largest absolute Gasteiger partial charge is 1.00 e. The fourth-order valence-corrected chi connectivity index (χ4v) is 4.68. The predicted molar refractivity (Wildman–Crippen MR) is 139 cm³/mol. The van der Waals surface area contributed by atoms with Gasteiger partial charge < -0.3 is 42.1 Å². The first-order chi connectivity index (χ1) is 18.4. The maximum atomic E-state index is 13.5. The predicted octanol–water partition coefficient (Wildman–Crippen LogP) is 0.395. The third-order valence-corrected chi connectivity index (χ3v) is 6.66. The Morgan fingerprint density at radius 1 is 0.974 bits per heavy atom. The van der Waals surface area contributed by atoms with Crippen LogP contribution in [-0.4, -0.2) is 54.1 Å². The van der Waals surface area contributed by atoms with Crippen LogP contribution in [0, 0.1) is 5.82 Å². The van der Waals surface area contributed by atoms with E-state index in [1.165, 1.54) is 35.2 Å². The number of hydrogen-bond acceptors (Lipinski definition) is 6. The van der Waals surface area contributed by atoms with Crippen LogP contribution >= 0.6 is 0 Å². The van der Waals surface area contributed by atoms with Gasteiger partial charge in [0.05, 0.1) is 24.3 Å². The molecule has 0 bridgehead atoms. The Morgan fingerprint density at radius 2 is 1.62 bits per heavy atom. The molecule has 1 aliphatic rings. The third kappa shape index (κ3) is 6.06. The van der Waals surface area contributed by atoms with Crippen LogP contribution in [0.5, 0.6) is 11.5 Å². The third-order valence-electron chi connectivity index (χ3n) is 6.66. The van der Waals surface area contributed by atoms with E-state index in [1.54, 1.807) is 6.07 Å². The van der Waals surface area contributed by atoms with E-state index in [1.807, 2.05) is 31.2 Å². The lowest BCUT2D eigenvalue weighted by molar-refractivity contribution is -0.921. The number of nitrogens with zero attached hydrogens (tertiary/aromatic N) is 1. The number of phenolic OH excluding ortho intramolecular Hbond substituents is 2. The maximum absolute atomic E-state index is 13.5. The Bertz CT molecular complexity index is 1430. The number of aromatic hydroxyl groups is 2. The average Bonchev–Trinajstić information content (AvgIpc) is 3.36. The van der Waals surface area contributed by atoms with Gasteiger partial charge in [-0.05, 0) is 36.2 Å². The lowest BCUT2D eigenvalue weighted by atomic mass is 9.94. The molecule has 0 spiro atoms. The molecule has 0 atom stereocenters. The normalized spacial score (nSPS) is 13.6. The second-order valence-electron chi connectivity index (χ2n) is 9.22. The van der Waals surface area contributed by atoms with Gasteiger partial charge in [-0.2, -0.15) is 0 Å². The maximum Gasteiger partial charge on any atom is 0.274 e. The van der Waals surface area contributed by atoms with E-state index in [0.717, 1.165) is 38.4 Å². The van der Waals surface area contributed by atoms with Crippen molar-refractivity contribution in [1.82, 2.24) is 10.5 Å². The number of amides is 1. The van der Waals surface area contributed by atoms with Gasteiger partial charge in [-0.25, -0.2) is 4.39 Å². The van der Waals surface area contributed by atoms with Gasteiger partial charge in [-0.3, -0.25) is 4.79 Å². The average molecular weight is 554 g/mol. The van der Waals surface area contributed by atoms with Crippen molar-refractivity contribution in [2.75, 3.05) is 32.8 Å². The van der Waals surface area contributed by atoms with Gasteiger partial charge in [0.15, 0.2) is 11.5 Å². The molecule has 1 aromatic heterocycles. The molecule has 4 N–H and O–H groups in total. The van der Waals surface area contributed by atoms with Crippen molar-refractivity contribution in [3.63, 3.8) is 0 Å². The summed E-state index contributed by atoms with van der Waals surface area (Å²) in [6.07, 6.45) is 0. The van der Waals surface area contributed by atoms with E-state index in [2.05, 4.69) is 10.5 Å². The summed E-state index contributed by atoms with van der Waals surface area (Å²) in [5.41, 5.74) is 3.50. The highest BCUT2D eigenvalue weighted by atomic mass is 35.5. The molecule has 5 rings (SSSR count). The molecule has 0 aliphatic carbocycles. The standard InChI is InChI=1S/C29H28FN3O5.ClH/c1-2-31-29(36)27-26(20-5-3-18(4-6-20)17-33-11-13-37-14-12-33)28(38-32-27)23-15-22(24(34)16-25(23)35)19-7-9-21(30)10-8-19;/h3-10,15-16,34-35H,2,11-14,17H2,1H3,(H,31,36);1H. The van der Waals surface area contributed by atoms with E-state index < -0.39 is 11.7 Å². The summed E-state index contributed by atoms with van der Waals surface area (Å²) in [5.74, 6) is -1.07. The van der Waals surface area contributed by atoms with Crippen molar-refractivity contribution in [1.29, 1.82) is 0 Å². The van der Waals surface area contributed by atoms with Gasteiger partial charge in [-0.1, -0.05) is 41.6 Å². The van der Waals surface area contributed by atoms with Gasteiger partial charge >= 0.3 is 0 Å². The molecule has 10 heteroatoms. The minimum absolute atomic E-state index is 0. The molecule has 8 nitrogen and oxygen atoms in total. The fourth-order valence-electron chi connectivity index (χ4n) is 4.68. The molecule has 1 fully saturated rings. The molecular weight excluding hydrogens is 525 g/mol. The smallest absolute Gasteiger partial charge is 0.274 e. The van der Waals surface area contributed by atoms with E-state index in [4.69, 9.17) is 9.26 Å². The molecule has 0 unspecified atom stereocenters. The van der Waals surface area contributed by atoms with Crippen LogP contribution in [0.4, 0.5) is 4.39 Å². The zero-order valence-electron chi connectivity index (χ0n) is 21.3. The first-order valence-electron chi connectivity index (χ1n) is 12.6. The Balaban J connectivity index is 0.00000353. The quantitative estimate of drug-likeness (QED) is 0.264. The fraction of sp³-hybridized carbons (Fsp3) is 0.241. The number of carbonyl (C=O) groups is 1. The van der Waals surface area contributed by atoms with Gasteiger partial charge in [0.2, 0.25) is 0 Å². The highest BCUT2D eigenvalue weighted by molar-refractivity contribution is 6.03. The Labute approximate surface area is 231 Å². The van der Waals surface area contributed by atoms with Crippen molar-refractivity contribution in [2.45, 2.75) is 13.5 Å². The van der Waals surface area contributed by atoms with Crippen molar-refractivity contribution in [3.05, 3.63) is 77.7 Å². The number of carbonyl (C=O) groups excluding carboxylic acids is 1. The van der Waals surface area contributed by atoms with Crippen LogP contribution in [0.2, 0.25) is 0 Å². The number of morpholine rings is 1. The van der Waals surface area contributed by atoms with Crippen LogP contribution in [0.1, 0.15) is 23.0 Å². The van der Waals surface area contributed by atoms with Crippen molar-refractivity contribution < 1.29 is 46.0 Å². The number of ether oxygens (including phenoxy) is 1. The van der Waals surface area contributed by atoms with Crippen LogP contribution in [0.3, 0.4) is 0 Å². The summed E-state index contributed by atoms with van der Waals surface area (Å²) in [6.45, 7) is 6.49. The van der Waals surface area contributed by atoms with Gasteiger partial charge in [0, 0.05) is 23.7 Å². The molecule has 3 aromatic carbocycles. The number of aromatic nitrogens is 1. The molecule has 1 aliphatic heterocycles. The summed E-state index contributed by atoms with van der Waals surface area (Å²) in [4.78, 5) is 14.3. The first-order valence-corrected chi connectivity index (χ1v) is 12.6. The number of halogens is 2. The number of quaternary nitrogens is 1. The number of hydrogen-bond donors (Lipinski definition) is 4. The van der Waals surface area contributed by atoms with Gasteiger partial charge in [-0.15, -0.1) is 0 Å². The van der Waals surface area contributed by atoms with Crippen LogP contribution in [0.15, 0.2) is 65.2 Å². The van der Waals surface area contributed by atoms with E-state index in [0.29, 0.717) is 28.8 Å². The summed E-state index contributed by atoms with van der Waals surface area (Å²) in [5, 5.41) is 28.1. The molecule has 39 heavy (non-hydrogen) atoms. The lowest BCUT2D eigenvalue weighted by Crippen LogP contribution is -3.12. The zero-order valence-corrected chi connectivity index (χ0v) is 22.1. The van der Waals surface area contributed by atoms with Gasteiger partial charge in [0.25, 0.3) is 5.91 Å². The van der Waals surface area contributed by atoms with E-state index in [-0.39, 0.29) is 40.9 Å². The van der Waals surface area contributed by atoms with E-state index in [9.17, 15) is 19.4 Å². The number of nitrogens with one attached hydrogen (secondary N) is 2. The number of benzene rings is 3. The molecule has 1 amide bonds. The van der Waals surface area contributed by atoms with Crippen molar-refractivity contribution in [2.24, 2.45) is 0 Å². The molecule has 0 saturated carbocycles. The van der Waals surface area contributed by atoms with Crippen molar-refractivity contribution in [3.8, 4) is 45.1 Å². The zero-order chi connectivity index (χ0) is 26.6. The first kappa shape index (κ1) is 28.1. The number of rotatable bonds is 7. The highest BCUT2D eigenvalue weighted by Crippen LogP contribution is 2.44. The number of phenols is 2. The van der Waals surface area contributed by atoms with Gasteiger partial charge in [0.1, 0.15) is 37.0 Å². The molecule has 1 saturated heterocycles. The Kier molecular flexibility index (Phi) is 8.86. The topological polar surface area (TPSA) is 109 Å². The summed E-state index contributed by atoms with van der Waals surface area (Å²) >= 11 is 0. The lowest BCUT2D eigenvalue weighted by Gasteiger charge is -2.23. The molecule has 2 heterocycles. The molecule has 4 aromatic rings. The van der Waals surface area contributed by atoms with Crippen LogP contribution in [0.25, 0.3) is 33.6 Å². The highest BCUT2D eigenvalue weighted by Gasteiger charge is 2.27. The Morgan fingerprint density at radius 3 is 2.28 bits per heavy atom. The molecule has 0 radical (unpaired) electrons.